The summed E-state index contributed by atoms with van der Waals surface area (Å²) in [7, 11) is 0. The number of nitrogens with one attached hydrogen (secondary N) is 1. The molecule has 112 valence electrons. The Morgan fingerprint density at radius 1 is 1.10 bits per heavy atom. The molecule has 1 saturated carbocycles. The van der Waals surface area contributed by atoms with Crippen molar-refractivity contribution in [1.29, 1.82) is 0 Å². The van der Waals surface area contributed by atoms with Crippen LogP contribution in [0.4, 0.5) is 8.78 Å². The fraction of sp³-hybridized carbons (Fsp3) is 0.625. The Hall–Kier alpha value is -1.00. The SMILES string of the molecule is OCCC1(CNCc2ccc(F)c(F)c2)CCCCC1. The smallest absolute Gasteiger partial charge is 0.159 e. The average molecular weight is 283 g/mol. The summed E-state index contributed by atoms with van der Waals surface area (Å²) >= 11 is 0. The molecule has 0 amide bonds. The van der Waals surface area contributed by atoms with Gasteiger partial charge in [0, 0.05) is 19.7 Å². The van der Waals surface area contributed by atoms with Crippen LogP contribution >= 0.6 is 0 Å². The standard InChI is InChI=1S/C16H23F2NO/c17-14-5-4-13(10-15(14)18)11-19-12-16(8-9-20)6-2-1-3-7-16/h4-5,10,19-20H,1-3,6-9,11-12H2. The van der Waals surface area contributed by atoms with Crippen LogP contribution in [0.5, 0.6) is 0 Å². The quantitative estimate of drug-likeness (QED) is 0.839. The molecule has 0 aliphatic heterocycles. The maximum atomic E-state index is 13.1. The Kier molecular flexibility index (Phi) is 5.49. The zero-order valence-corrected chi connectivity index (χ0v) is 11.8. The van der Waals surface area contributed by atoms with E-state index in [1.165, 1.54) is 25.3 Å². The number of halogens is 2. The van der Waals surface area contributed by atoms with E-state index in [2.05, 4.69) is 5.32 Å². The predicted molar refractivity (Wildman–Crippen MR) is 75.3 cm³/mol. The number of benzene rings is 1. The molecule has 0 radical (unpaired) electrons. The summed E-state index contributed by atoms with van der Waals surface area (Å²) in [4.78, 5) is 0. The van der Waals surface area contributed by atoms with E-state index in [1.807, 2.05) is 0 Å². The van der Waals surface area contributed by atoms with Crippen LogP contribution in [0.15, 0.2) is 18.2 Å². The second kappa shape index (κ2) is 7.14. The lowest BCUT2D eigenvalue weighted by Gasteiger charge is -2.37. The molecule has 1 aromatic carbocycles. The van der Waals surface area contributed by atoms with Crippen LogP contribution in [-0.4, -0.2) is 18.3 Å². The van der Waals surface area contributed by atoms with Crippen molar-refractivity contribution >= 4 is 0 Å². The summed E-state index contributed by atoms with van der Waals surface area (Å²) in [6.45, 7) is 1.57. The zero-order chi connectivity index (χ0) is 14.4. The molecule has 2 nitrogen and oxygen atoms in total. The molecule has 2 rings (SSSR count). The van der Waals surface area contributed by atoms with E-state index >= 15 is 0 Å². The Morgan fingerprint density at radius 3 is 2.50 bits per heavy atom. The summed E-state index contributed by atoms with van der Waals surface area (Å²) in [6.07, 6.45) is 6.80. The predicted octanol–water partition coefficient (Wildman–Crippen LogP) is 3.39. The monoisotopic (exact) mass is 283 g/mol. The van der Waals surface area contributed by atoms with Gasteiger partial charge < -0.3 is 10.4 Å². The van der Waals surface area contributed by atoms with Crippen molar-refractivity contribution in [2.45, 2.75) is 45.1 Å². The van der Waals surface area contributed by atoms with E-state index in [0.717, 1.165) is 37.4 Å². The van der Waals surface area contributed by atoms with Crippen molar-refractivity contribution < 1.29 is 13.9 Å². The van der Waals surface area contributed by atoms with Crippen LogP contribution in [-0.2, 0) is 6.54 Å². The molecule has 0 spiro atoms. The minimum Gasteiger partial charge on any atom is -0.396 e. The van der Waals surface area contributed by atoms with Crippen LogP contribution < -0.4 is 5.32 Å². The Morgan fingerprint density at radius 2 is 1.85 bits per heavy atom. The van der Waals surface area contributed by atoms with Crippen molar-refractivity contribution in [2.75, 3.05) is 13.2 Å². The van der Waals surface area contributed by atoms with Crippen LogP contribution in [0.25, 0.3) is 0 Å². The van der Waals surface area contributed by atoms with Gasteiger partial charge in [-0.3, -0.25) is 0 Å². The molecule has 2 N–H and O–H groups in total. The minimum atomic E-state index is -0.808. The molecule has 1 fully saturated rings. The summed E-state index contributed by atoms with van der Waals surface area (Å²) in [5, 5.41) is 12.6. The first kappa shape index (κ1) is 15.4. The van der Waals surface area contributed by atoms with Crippen LogP contribution in [0, 0.1) is 17.0 Å². The van der Waals surface area contributed by atoms with Gasteiger partial charge in [-0.2, -0.15) is 0 Å². The molecule has 0 unspecified atom stereocenters. The van der Waals surface area contributed by atoms with Gasteiger partial charge in [-0.25, -0.2) is 8.78 Å². The molecular weight excluding hydrogens is 260 g/mol. The maximum absolute atomic E-state index is 13.1. The van der Waals surface area contributed by atoms with Crippen LogP contribution in [0.3, 0.4) is 0 Å². The van der Waals surface area contributed by atoms with Crippen molar-refractivity contribution in [1.82, 2.24) is 5.32 Å². The van der Waals surface area contributed by atoms with Gasteiger partial charge in [-0.15, -0.1) is 0 Å². The topological polar surface area (TPSA) is 32.3 Å². The van der Waals surface area contributed by atoms with Crippen molar-refractivity contribution in [3.05, 3.63) is 35.4 Å². The number of rotatable bonds is 6. The second-order valence-electron chi connectivity index (χ2n) is 5.89. The summed E-state index contributed by atoms with van der Waals surface area (Å²) in [6, 6.07) is 4.00. The van der Waals surface area contributed by atoms with Crippen LogP contribution in [0.2, 0.25) is 0 Å². The molecule has 1 aliphatic rings. The Bertz CT molecular complexity index is 425. The number of aliphatic hydroxyl groups is 1. The fourth-order valence-corrected chi connectivity index (χ4v) is 3.18. The molecule has 0 bridgehead atoms. The van der Waals surface area contributed by atoms with Gasteiger partial charge in [0.05, 0.1) is 0 Å². The highest BCUT2D eigenvalue weighted by Crippen LogP contribution is 2.38. The molecule has 0 saturated heterocycles. The van der Waals surface area contributed by atoms with E-state index in [9.17, 15) is 13.9 Å². The Labute approximate surface area is 119 Å². The highest BCUT2D eigenvalue weighted by molar-refractivity contribution is 5.17. The summed E-state index contributed by atoms with van der Waals surface area (Å²) in [5.41, 5.74) is 0.921. The lowest BCUT2D eigenvalue weighted by atomic mass is 9.72. The largest absolute Gasteiger partial charge is 0.396 e. The van der Waals surface area contributed by atoms with E-state index < -0.39 is 11.6 Å². The first-order chi connectivity index (χ1) is 9.65. The molecule has 1 aliphatic carbocycles. The molecule has 20 heavy (non-hydrogen) atoms. The highest BCUT2D eigenvalue weighted by Gasteiger charge is 2.30. The van der Waals surface area contributed by atoms with Gasteiger partial charge >= 0.3 is 0 Å². The first-order valence-corrected chi connectivity index (χ1v) is 7.41. The van der Waals surface area contributed by atoms with Gasteiger partial charge in [0.1, 0.15) is 0 Å². The number of hydrogen-bond donors (Lipinski definition) is 2. The number of aliphatic hydroxyl groups excluding tert-OH is 1. The molecule has 4 heteroatoms. The van der Waals surface area contributed by atoms with Crippen molar-refractivity contribution in [3.8, 4) is 0 Å². The normalized spacial score (nSPS) is 18.1. The van der Waals surface area contributed by atoms with E-state index in [4.69, 9.17) is 0 Å². The molecular formula is C16H23F2NO. The van der Waals surface area contributed by atoms with E-state index in [-0.39, 0.29) is 12.0 Å². The molecule has 0 aromatic heterocycles. The van der Waals surface area contributed by atoms with Gasteiger partial charge in [0.15, 0.2) is 11.6 Å². The first-order valence-electron chi connectivity index (χ1n) is 7.41. The highest BCUT2D eigenvalue weighted by atomic mass is 19.2. The molecule has 1 aromatic rings. The zero-order valence-electron chi connectivity index (χ0n) is 11.8. The lowest BCUT2D eigenvalue weighted by Crippen LogP contribution is -2.36. The van der Waals surface area contributed by atoms with Gasteiger partial charge in [0.25, 0.3) is 0 Å². The van der Waals surface area contributed by atoms with Gasteiger partial charge in [-0.05, 0) is 42.4 Å². The number of hydrogen-bond acceptors (Lipinski definition) is 2. The van der Waals surface area contributed by atoms with Crippen LogP contribution in [0.1, 0.15) is 44.1 Å². The third-order valence-corrected chi connectivity index (χ3v) is 4.37. The maximum Gasteiger partial charge on any atom is 0.159 e. The van der Waals surface area contributed by atoms with Crippen molar-refractivity contribution in [3.63, 3.8) is 0 Å². The summed E-state index contributed by atoms with van der Waals surface area (Å²) in [5.74, 6) is -1.61. The average Bonchev–Trinajstić information content (AvgIpc) is 2.44. The van der Waals surface area contributed by atoms with E-state index in [0.29, 0.717) is 6.54 Å². The molecule has 0 heterocycles. The minimum absolute atomic E-state index is 0.172. The lowest BCUT2D eigenvalue weighted by molar-refractivity contribution is 0.126. The third-order valence-electron chi connectivity index (χ3n) is 4.37. The molecule has 0 atom stereocenters. The third kappa shape index (κ3) is 4.00. The van der Waals surface area contributed by atoms with E-state index in [1.54, 1.807) is 6.07 Å². The Balaban J connectivity index is 1.87. The van der Waals surface area contributed by atoms with Crippen molar-refractivity contribution in [2.24, 2.45) is 5.41 Å². The van der Waals surface area contributed by atoms with Gasteiger partial charge in [0.2, 0.25) is 0 Å². The summed E-state index contributed by atoms with van der Waals surface area (Å²) < 4.78 is 26.0. The fourth-order valence-electron chi connectivity index (χ4n) is 3.18. The van der Waals surface area contributed by atoms with Gasteiger partial charge in [-0.1, -0.05) is 25.3 Å². The second-order valence-corrected chi connectivity index (χ2v) is 5.89.